The van der Waals surface area contributed by atoms with E-state index in [1.54, 1.807) is 0 Å². The third kappa shape index (κ3) is 4.99. The number of anilines is 3. The molecule has 0 saturated carbocycles. The lowest BCUT2D eigenvalue weighted by Gasteiger charge is -2.33. The molecule has 0 atom stereocenters. The number of hydrogen-bond acceptors (Lipinski definition) is 1. The SMILES string of the molecule is c1ccc(-c2ccccc2-c2c(-c3ccccc3)cccc2N(c2ccc3c(c2)C2(c4ccccc4-c4ccccc42)c2ccccc2-3)c2cccc3ccccc23)cc1. The minimum atomic E-state index is -0.464. The molecule has 0 radical (unpaired) electrons. The highest BCUT2D eigenvalue weighted by Gasteiger charge is 2.51. The van der Waals surface area contributed by atoms with Gasteiger partial charge in [-0.2, -0.15) is 0 Å². The van der Waals surface area contributed by atoms with Crippen LogP contribution in [0.4, 0.5) is 17.1 Å². The first-order valence-electron chi connectivity index (χ1n) is 20.9. The van der Waals surface area contributed by atoms with Gasteiger partial charge in [0, 0.05) is 16.6 Å². The standard InChI is InChI=1S/C59H39N/c1-3-19-40(20-4-1)44-25-9-10-30-51(44)58-46(42-21-5-2-6-22-42)31-18-36-57(58)60(56-35-17-24-41-23-7-8-26-45(41)56)43-37-38-50-49-29-13-16-34-54(49)59(55(50)39-43)52-32-14-11-27-47(52)48-28-12-15-33-53(48)59/h1-39H. The summed E-state index contributed by atoms with van der Waals surface area (Å²) in [6.07, 6.45) is 0. The van der Waals surface area contributed by atoms with Crippen molar-refractivity contribution in [1.29, 1.82) is 0 Å². The van der Waals surface area contributed by atoms with Crippen LogP contribution in [0.15, 0.2) is 237 Å². The molecule has 10 aromatic carbocycles. The smallest absolute Gasteiger partial charge is 0.0726 e. The molecule has 0 amide bonds. The van der Waals surface area contributed by atoms with Crippen molar-refractivity contribution in [3.63, 3.8) is 0 Å². The lowest BCUT2D eigenvalue weighted by molar-refractivity contribution is 0.793. The lowest BCUT2D eigenvalue weighted by Crippen LogP contribution is -2.26. The molecular weight excluding hydrogens is 723 g/mol. The minimum absolute atomic E-state index is 0.464. The van der Waals surface area contributed by atoms with E-state index in [9.17, 15) is 0 Å². The van der Waals surface area contributed by atoms with Crippen LogP contribution in [-0.4, -0.2) is 0 Å². The van der Waals surface area contributed by atoms with Crippen molar-refractivity contribution in [2.75, 3.05) is 4.90 Å². The molecule has 0 aliphatic heterocycles. The number of benzene rings is 10. The third-order valence-corrected chi connectivity index (χ3v) is 12.9. The largest absolute Gasteiger partial charge is 0.309 e. The average molecular weight is 762 g/mol. The molecule has 60 heavy (non-hydrogen) atoms. The fourth-order valence-corrected chi connectivity index (χ4v) is 10.5. The number of nitrogens with zero attached hydrogens (tertiary/aromatic N) is 1. The molecule has 280 valence electrons. The minimum Gasteiger partial charge on any atom is -0.309 e. The normalized spacial score (nSPS) is 12.8. The van der Waals surface area contributed by atoms with Crippen molar-refractivity contribution in [1.82, 2.24) is 0 Å². The van der Waals surface area contributed by atoms with Gasteiger partial charge in [0.15, 0.2) is 0 Å². The van der Waals surface area contributed by atoms with E-state index in [1.165, 1.54) is 88.7 Å². The van der Waals surface area contributed by atoms with Crippen molar-refractivity contribution < 1.29 is 0 Å². The molecule has 0 N–H and O–H groups in total. The van der Waals surface area contributed by atoms with Crippen LogP contribution in [0.5, 0.6) is 0 Å². The average Bonchev–Trinajstić information content (AvgIpc) is 3.79. The van der Waals surface area contributed by atoms with Gasteiger partial charge < -0.3 is 4.90 Å². The van der Waals surface area contributed by atoms with E-state index in [1.807, 2.05) is 0 Å². The molecule has 10 aromatic rings. The predicted octanol–water partition coefficient (Wildman–Crippen LogP) is 15.7. The quantitative estimate of drug-likeness (QED) is 0.163. The predicted molar refractivity (Wildman–Crippen MR) is 251 cm³/mol. The first-order chi connectivity index (χ1) is 29.8. The summed E-state index contributed by atoms with van der Waals surface area (Å²) < 4.78 is 0. The van der Waals surface area contributed by atoms with Gasteiger partial charge in [-0.25, -0.2) is 0 Å². The first kappa shape index (κ1) is 34.3. The summed E-state index contributed by atoms with van der Waals surface area (Å²) in [4.78, 5) is 2.54. The van der Waals surface area contributed by atoms with Crippen LogP contribution in [0.2, 0.25) is 0 Å². The van der Waals surface area contributed by atoms with Gasteiger partial charge in [0.25, 0.3) is 0 Å². The highest BCUT2D eigenvalue weighted by molar-refractivity contribution is 6.06. The Kier molecular flexibility index (Phi) is 7.83. The van der Waals surface area contributed by atoms with Gasteiger partial charge in [-0.05, 0) is 102 Å². The van der Waals surface area contributed by atoms with Gasteiger partial charge in [-0.3, -0.25) is 0 Å². The summed E-state index contributed by atoms with van der Waals surface area (Å²) in [6.45, 7) is 0. The molecule has 12 rings (SSSR count). The Labute approximate surface area is 351 Å². The van der Waals surface area contributed by atoms with E-state index >= 15 is 0 Å². The summed E-state index contributed by atoms with van der Waals surface area (Å²) in [5.41, 5.74) is 20.6. The summed E-state index contributed by atoms with van der Waals surface area (Å²) in [7, 11) is 0. The maximum Gasteiger partial charge on any atom is 0.0726 e. The second-order valence-corrected chi connectivity index (χ2v) is 15.9. The molecule has 2 aliphatic rings. The fraction of sp³-hybridized carbons (Fsp3) is 0.0169. The second kappa shape index (κ2) is 13.7. The van der Waals surface area contributed by atoms with E-state index in [0.29, 0.717) is 0 Å². The van der Waals surface area contributed by atoms with Crippen LogP contribution in [-0.2, 0) is 5.41 Å². The highest BCUT2D eigenvalue weighted by Crippen LogP contribution is 2.63. The highest BCUT2D eigenvalue weighted by atomic mass is 15.1. The van der Waals surface area contributed by atoms with Gasteiger partial charge in [-0.15, -0.1) is 0 Å². The number of hydrogen-bond donors (Lipinski definition) is 0. The van der Waals surface area contributed by atoms with Gasteiger partial charge in [0.05, 0.1) is 16.8 Å². The van der Waals surface area contributed by atoms with Crippen molar-refractivity contribution >= 4 is 27.8 Å². The Bertz CT molecular complexity index is 3200. The van der Waals surface area contributed by atoms with Crippen molar-refractivity contribution in [2.24, 2.45) is 0 Å². The Morgan fingerprint density at radius 1 is 0.283 bits per heavy atom. The molecule has 1 nitrogen and oxygen atoms in total. The van der Waals surface area contributed by atoms with E-state index in [0.717, 1.165) is 17.1 Å². The van der Waals surface area contributed by atoms with Crippen molar-refractivity contribution in [3.05, 3.63) is 259 Å². The van der Waals surface area contributed by atoms with Gasteiger partial charge in [0.2, 0.25) is 0 Å². The maximum absolute atomic E-state index is 2.54. The van der Waals surface area contributed by atoms with E-state index in [-0.39, 0.29) is 0 Å². The Morgan fingerprint density at radius 2 is 0.733 bits per heavy atom. The van der Waals surface area contributed by atoms with Crippen LogP contribution in [0, 0.1) is 0 Å². The molecule has 0 bridgehead atoms. The van der Waals surface area contributed by atoms with Gasteiger partial charge in [0.1, 0.15) is 0 Å². The number of fused-ring (bicyclic) bond motifs is 11. The maximum atomic E-state index is 2.54. The molecule has 0 aromatic heterocycles. The number of rotatable bonds is 6. The first-order valence-corrected chi connectivity index (χ1v) is 20.9. The summed E-state index contributed by atoms with van der Waals surface area (Å²) in [5, 5.41) is 2.40. The van der Waals surface area contributed by atoms with E-state index in [2.05, 4.69) is 241 Å². The molecular formula is C59H39N. The van der Waals surface area contributed by atoms with Crippen molar-refractivity contribution in [3.8, 4) is 55.6 Å². The van der Waals surface area contributed by atoms with E-state index in [4.69, 9.17) is 0 Å². The van der Waals surface area contributed by atoms with Crippen LogP contribution < -0.4 is 4.90 Å². The zero-order valence-electron chi connectivity index (χ0n) is 33.0. The van der Waals surface area contributed by atoms with Crippen LogP contribution in [0.25, 0.3) is 66.4 Å². The Morgan fingerprint density at radius 3 is 1.38 bits per heavy atom. The molecule has 0 unspecified atom stereocenters. The zero-order valence-corrected chi connectivity index (χ0v) is 33.0. The molecule has 2 aliphatic carbocycles. The van der Waals surface area contributed by atoms with Crippen LogP contribution >= 0.6 is 0 Å². The molecule has 0 saturated heterocycles. The monoisotopic (exact) mass is 761 g/mol. The van der Waals surface area contributed by atoms with E-state index < -0.39 is 5.41 Å². The summed E-state index contributed by atoms with van der Waals surface area (Å²) in [6, 6.07) is 87.4. The Hall–Kier alpha value is -7.74. The molecule has 0 fully saturated rings. The summed E-state index contributed by atoms with van der Waals surface area (Å²) >= 11 is 0. The Balaban J connectivity index is 1.20. The van der Waals surface area contributed by atoms with Crippen LogP contribution in [0.1, 0.15) is 22.3 Å². The fourth-order valence-electron chi connectivity index (χ4n) is 10.5. The third-order valence-electron chi connectivity index (χ3n) is 12.9. The molecule has 1 heteroatoms. The molecule has 0 heterocycles. The summed E-state index contributed by atoms with van der Waals surface area (Å²) in [5.74, 6) is 0. The lowest BCUT2D eigenvalue weighted by atomic mass is 9.70. The van der Waals surface area contributed by atoms with Crippen LogP contribution in [0.3, 0.4) is 0 Å². The van der Waals surface area contributed by atoms with Crippen molar-refractivity contribution in [2.45, 2.75) is 5.41 Å². The second-order valence-electron chi connectivity index (χ2n) is 15.9. The van der Waals surface area contributed by atoms with Gasteiger partial charge >= 0.3 is 0 Å². The topological polar surface area (TPSA) is 3.24 Å². The molecule has 1 spiro atoms. The van der Waals surface area contributed by atoms with Gasteiger partial charge in [-0.1, -0.05) is 212 Å². The zero-order chi connectivity index (χ0) is 39.6.